The van der Waals surface area contributed by atoms with E-state index in [4.69, 9.17) is 4.74 Å². The van der Waals surface area contributed by atoms with Crippen LogP contribution in [0, 0.1) is 0 Å². The van der Waals surface area contributed by atoms with Crippen molar-refractivity contribution in [1.82, 2.24) is 14.3 Å². The number of nitrogens with one attached hydrogen (secondary N) is 1. The lowest BCUT2D eigenvalue weighted by atomic mass is 10.1. The van der Waals surface area contributed by atoms with E-state index in [-0.39, 0.29) is 5.75 Å². The van der Waals surface area contributed by atoms with E-state index >= 15 is 0 Å². The Bertz CT molecular complexity index is 1080. The van der Waals surface area contributed by atoms with Crippen LogP contribution in [0.2, 0.25) is 0 Å². The standard InChI is InChI=1S/C21H24N4O3S/c1-4-28-20-11-6-5-10-18(20)19-13-21(23-15-22-19)24-17-9-7-8-16(12-17)14-29(26,27)25(2)3/h5-13,15H,4,14H2,1-3H3,(H,22,23,24). The quantitative estimate of drug-likeness (QED) is 0.608. The molecule has 0 radical (unpaired) electrons. The first-order valence-corrected chi connectivity index (χ1v) is 10.8. The average molecular weight is 413 g/mol. The normalized spacial score (nSPS) is 11.4. The van der Waals surface area contributed by atoms with Crippen LogP contribution in [0.1, 0.15) is 12.5 Å². The molecule has 1 N–H and O–H groups in total. The molecule has 0 aliphatic rings. The van der Waals surface area contributed by atoms with Gasteiger partial charge in [-0.15, -0.1) is 0 Å². The highest BCUT2D eigenvalue weighted by molar-refractivity contribution is 7.88. The summed E-state index contributed by atoms with van der Waals surface area (Å²) in [5, 5.41) is 3.22. The summed E-state index contributed by atoms with van der Waals surface area (Å²) in [5.74, 6) is 1.30. The lowest BCUT2D eigenvalue weighted by Gasteiger charge is -2.13. The molecule has 29 heavy (non-hydrogen) atoms. The molecule has 0 unspecified atom stereocenters. The van der Waals surface area contributed by atoms with Crippen molar-refractivity contribution in [1.29, 1.82) is 0 Å². The van der Waals surface area contributed by atoms with Gasteiger partial charge in [-0.25, -0.2) is 22.7 Å². The number of hydrogen-bond acceptors (Lipinski definition) is 6. The average Bonchev–Trinajstić information content (AvgIpc) is 2.69. The van der Waals surface area contributed by atoms with Gasteiger partial charge in [-0.1, -0.05) is 24.3 Å². The van der Waals surface area contributed by atoms with E-state index < -0.39 is 10.0 Å². The van der Waals surface area contributed by atoms with Crippen molar-refractivity contribution >= 4 is 21.5 Å². The largest absolute Gasteiger partial charge is 0.493 e. The van der Waals surface area contributed by atoms with Crippen LogP contribution < -0.4 is 10.1 Å². The first-order valence-electron chi connectivity index (χ1n) is 9.19. The second kappa shape index (κ2) is 9.02. The monoisotopic (exact) mass is 412 g/mol. The molecule has 0 aliphatic carbocycles. The molecule has 3 rings (SSSR count). The molecule has 0 spiro atoms. The van der Waals surface area contributed by atoms with E-state index in [9.17, 15) is 8.42 Å². The summed E-state index contributed by atoms with van der Waals surface area (Å²) in [7, 11) is -0.272. The molecule has 0 saturated heterocycles. The van der Waals surface area contributed by atoms with Crippen LogP contribution in [-0.4, -0.2) is 43.4 Å². The molecule has 0 saturated carbocycles. The summed E-state index contributed by atoms with van der Waals surface area (Å²) in [6, 6.07) is 16.8. The maximum Gasteiger partial charge on any atom is 0.217 e. The molecule has 8 heteroatoms. The van der Waals surface area contributed by atoms with Gasteiger partial charge in [0, 0.05) is 31.4 Å². The zero-order chi connectivity index (χ0) is 20.9. The first-order chi connectivity index (χ1) is 13.9. The molecule has 0 aliphatic heterocycles. The molecule has 2 aromatic carbocycles. The number of rotatable bonds is 8. The SMILES string of the molecule is CCOc1ccccc1-c1cc(Nc2cccc(CS(=O)(=O)N(C)C)c2)ncn1. The predicted octanol–water partition coefficient (Wildman–Crippen LogP) is 3.68. The molecule has 7 nitrogen and oxygen atoms in total. The Morgan fingerprint density at radius 1 is 1.03 bits per heavy atom. The fraction of sp³-hybridized carbons (Fsp3) is 0.238. The molecular weight excluding hydrogens is 388 g/mol. The number of sulfonamides is 1. The van der Waals surface area contributed by atoms with Crippen LogP contribution >= 0.6 is 0 Å². The lowest BCUT2D eigenvalue weighted by Crippen LogP contribution is -2.23. The second-order valence-electron chi connectivity index (χ2n) is 6.58. The molecule has 0 fully saturated rings. The van der Waals surface area contributed by atoms with Gasteiger partial charge in [0.1, 0.15) is 17.9 Å². The van der Waals surface area contributed by atoms with E-state index in [1.807, 2.05) is 49.4 Å². The number of anilines is 2. The summed E-state index contributed by atoms with van der Waals surface area (Å²) >= 11 is 0. The van der Waals surface area contributed by atoms with Crippen molar-refractivity contribution in [2.45, 2.75) is 12.7 Å². The molecule has 3 aromatic rings. The minimum Gasteiger partial charge on any atom is -0.493 e. The van der Waals surface area contributed by atoms with Crippen molar-refractivity contribution in [3.63, 3.8) is 0 Å². The summed E-state index contributed by atoms with van der Waals surface area (Å²) < 4.78 is 31.2. The summed E-state index contributed by atoms with van der Waals surface area (Å²) in [5.41, 5.74) is 3.06. The molecule has 0 amide bonds. The number of para-hydroxylation sites is 1. The molecule has 1 aromatic heterocycles. The van der Waals surface area contributed by atoms with Crippen LogP contribution in [0.25, 0.3) is 11.3 Å². The number of ether oxygens (including phenoxy) is 1. The summed E-state index contributed by atoms with van der Waals surface area (Å²) in [6.07, 6.45) is 1.49. The molecule has 1 heterocycles. The van der Waals surface area contributed by atoms with Crippen molar-refractivity contribution in [2.75, 3.05) is 26.0 Å². The van der Waals surface area contributed by atoms with E-state index in [0.29, 0.717) is 18.0 Å². The Morgan fingerprint density at radius 2 is 1.83 bits per heavy atom. The van der Waals surface area contributed by atoms with Crippen LogP contribution in [0.5, 0.6) is 5.75 Å². The Morgan fingerprint density at radius 3 is 2.59 bits per heavy atom. The van der Waals surface area contributed by atoms with Crippen molar-refractivity contribution in [3.8, 4) is 17.0 Å². The number of benzene rings is 2. The van der Waals surface area contributed by atoms with Crippen molar-refractivity contribution in [3.05, 3.63) is 66.5 Å². The number of nitrogens with zero attached hydrogens (tertiary/aromatic N) is 3. The zero-order valence-corrected chi connectivity index (χ0v) is 17.5. The van der Waals surface area contributed by atoms with Gasteiger partial charge in [-0.2, -0.15) is 0 Å². The lowest BCUT2D eigenvalue weighted by molar-refractivity contribution is 0.341. The fourth-order valence-corrected chi connectivity index (χ4v) is 3.62. The fourth-order valence-electron chi connectivity index (χ4n) is 2.76. The highest BCUT2D eigenvalue weighted by Gasteiger charge is 2.15. The smallest absolute Gasteiger partial charge is 0.217 e. The Kier molecular flexibility index (Phi) is 6.46. The first kappa shape index (κ1) is 20.8. The van der Waals surface area contributed by atoms with Crippen LogP contribution in [0.3, 0.4) is 0 Å². The molecular formula is C21H24N4O3S. The van der Waals surface area contributed by atoms with Crippen LogP contribution in [0.15, 0.2) is 60.9 Å². The van der Waals surface area contributed by atoms with Gasteiger partial charge in [0.2, 0.25) is 10.0 Å². The van der Waals surface area contributed by atoms with E-state index in [0.717, 1.165) is 22.7 Å². The van der Waals surface area contributed by atoms with Gasteiger partial charge >= 0.3 is 0 Å². The van der Waals surface area contributed by atoms with Crippen LogP contribution in [-0.2, 0) is 15.8 Å². The minimum absolute atomic E-state index is 0.0632. The maximum atomic E-state index is 12.1. The minimum atomic E-state index is -3.33. The van der Waals surface area contributed by atoms with Gasteiger partial charge in [-0.3, -0.25) is 0 Å². The zero-order valence-electron chi connectivity index (χ0n) is 16.7. The topological polar surface area (TPSA) is 84.4 Å². The third kappa shape index (κ3) is 5.30. The Balaban J connectivity index is 1.84. The van der Waals surface area contributed by atoms with Crippen molar-refractivity contribution in [2.24, 2.45) is 0 Å². The maximum absolute atomic E-state index is 12.1. The number of aromatic nitrogens is 2. The van der Waals surface area contributed by atoms with Crippen molar-refractivity contribution < 1.29 is 13.2 Å². The van der Waals surface area contributed by atoms with Gasteiger partial charge in [0.05, 0.1) is 18.1 Å². The van der Waals surface area contributed by atoms with Crippen LogP contribution in [0.4, 0.5) is 11.5 Å². The predicted molar refractivity (Wildman–Crippen MR) is 115 cm³/mol. The van der Waals surface area contributed by atoms with Gasteiger partial charge < -0.3 is 10.1 Å². The molecule has 0 atom stereocenters. The highest BCUT2D eigenvalue weighted by atomic mass is 32.2. The summed E-state index contributed by atoms with van der Waals surface area (Å²) in [4.78, 5) is 8.64. The van der Waals surface area contributed by atoms with E-state index in [2.05, 4.69) is 15.3 Å². The van der Waals surface area contributed by atoms with Gasteiger partial charge in [0.25, 0.3) is 0 Å². The highest BCUT2D eigenvalue weighted by Crippen LogP contribution is 2.29. The second-order valence-corrected chi connectivity index (χ2v) is 8.76. The van der Waals surface area contributed by atoms with E-state index in [1.165, 1.54) is 24.7 Å². The number of hydrogen-bond donors (Lipinski definition) is 1. The Labute approximate surface area is 171 Å². The molecule has 152 valence electrons. The van der Waals surface area contributed by atoms with Gasteiger partial charge in [0.15, 0.2) is 0 Å². The Hall–Kier alpha value is -2.97. The van der Waals surface area contributed by atoms with Gasteiger partial charge in [-0.05, 0) is 36.8 Å². The third-order valence-electron chi connectivity index (χ3n) is 4.23. The molecule has 0 bridgehead atoms. The summed E-state index contributed by atoms with van der Waals surface area (Å²) in [6.45, 7) is 2.50. The van der Waals surface area contributed by atoms with E-state index in [1.54, 1.807) is 12.1 Å². The third-order valence-corrected chi connectivity index (χ3v) is 6.05.